The van der Waals surface area contributed by atoms with Gasteiger partial charge in [-0.3, -0.25) is 19.3 Å². The van der Waals surface area contributed by atoms with Crippen LogP contribution in [0.5, 0.6) is 0 Å². The van der Waals surface area contributed by atoms with Gasteiger partial charge in [-0.1, -0.05) is 36.4 Å². The van der Waals surface area contributed by atoms with Crippen molar-refractivity contribution in [2.24, 2.45) is 0 Å². The summed E-state index contributed by atoms with van der Waals surface area (Å²) in [7, 11) is 0. The van der Waals surface area contributed by atoms with E-state index >= 15 is 0 Å². The number of anilines is 1. The smallest absolute Gasteiger partial charge is 0.313 e. The quantitative estimate of drug-likeness (QED) is 0.430. The van der Waals surface area contributed by atoms with Crippen LogP contribution in [-0.4, -0.2) is 62.0 Å². The molecule has 0 atom stereocenters. The summed E-state index contributed by atoms with van der Waals surface area (Å²) in [5.41, 5.74) is 2.69. The molecule has 0 unspecified atom stereocenters. The Labute approximate surface area is 188 Å². The van der Waals surface area contributed by atoms with Crippen molar-refractivity contribution in [3.63, 3.8) is 0 Å². The number of morpholine rings is 1. The SMILES string of the molecule is Cc1ccccc1CNC(=O)c1ccccc1NC(=O)C(=O)NCCCN1CCOCC1. The largest absolute Gasteiger partial charge is 0.379 e. The molecule has 32 heavy (non-hydrogen) atoms. The fourth-order valence-electron chi connectivity index (χ4n) is 3.46. The van der Waals surface area contributed by atoms with Crippen molar-refractivity contribution in [2.45, 2.75) is 19.9 Å². The molecule has 1 aliphatic heterocycles. The predicted molar refractivity (Wildman–Crippen MR) is 122 cm³/mol. The van der Waals surface area contributed by atoms with Crippen LogP contribution in [0.1, 0.15) is 27.9 Å². The van der Waals surface area contributed by atoms with E-state index in [0.29, 0.717) is 24.3 Å². The standard InChI is InChI=1S/C24H30N4O4/c1-18-7-2-3-8-19(18)17-26-22(29)20-9-4-5-10-21(20)27-24(31)23(30)25-11-6-12-28-13-15-32-16-14-28/h2-5,7-10H,6,11-17H2,1H3,(H,25,30)(H,26,29)(H,27,31). The van der Waals surface area contributed by atoms with E-state index in [2.05, 4.69) is 20.9 Å². The van der Waals surface area contributed by atoms with Crippen LogP contribution in [0.25, 0.3) is 0 Å². The second kappa shape index (κ2) is 12.0. The van der Waals surface area contributed by atoms with E-state index in [1.165, 1.54) is 0 Å². The lowest BCUT2D eigenvalue weighted by atomic mass is 10.1. The van der Waals surface area contributed by atoms with Gasteiger partial charge in [0.15, 0.2) is 0 Å². The number of hydrogen-bond donors (Lipinski definition) is 3. The van der Waals surface area contributed by atoms with Gasteiger partial charge >= 0.3 is 11.8 Å². The summed E-state index contributed by atoms with van der Waals surface area (Å²) in [5, 5.41) is 8.05. The predicted octanol–water partition coefficient (Wildman–Crippen LogP) is 1.70. The van der Waals surface area contributed by atoms with Crippen LogP contribution in [0.15, 0.2) is 48.5 Å². The fourth-order valence-corrected chi connectivity index (χ4v) is 3.46. The van der Waals surface area contributed by atoms with E-state index < -0.39 is 11.8 Å². The van der Waals surface area contributed by atoms with Gasteiger partial charge in [-0.15, -0.1) is 0 Å². The van der Waals surface area contributed by atoms with Crippen LogP contribution < -0.4 is 16.0 Å². The van der Waals surface area contributed by atoms with Crippen LogP contribution in [0, 0.1) is 6.92 Å². The van der Waals surface area contributed by atoms with E-state index in [1.54, 1.807) is 24.3 Å². The number of nitrogens with one attached hydrogen (secondary N) is 3. The molecule has 1 aliphatic rings. The van der Waals surface area contributed by atoms with E-state index in [-0.39, 0.29) is 5.91 Å². The number of carbonyl (C=O) groups excluding carboxylic acids is 3. The molecule has 1 heterocycles. The summed E-state index contributed by atoms with van der Waals surface area (Å²) in [6, 6.07) is 14.4. The highest BCUT2D eigenvalue weighted by Crippen LogP contribution is 2.15. The Morgan fingerprint density at radius 1 is 0.938 bits per heavy atom. The number of nitrogens with zero attached hydrogens (tertiary/aromatic N) is 1. The average molecular weight is 439 g/mol. The molecule has 3 amide bonds. The molecular weight excluding hydrogens is 408 g/mol. The Kier molecular flexibility index (Phi) is 8.77. The van der Waals surface area contributed by atoms with Gasteiger partial charge in [0.2, 0.25) is 0 Å². The number of aryl methyl sites for hydroxylation is 1. The molecule has 0 aromatic heterocycles. The molecule has 170 valence electrons. The minimum absolute atomic E-state index is 0.295. The second-order valence-electron chi connectivity index (χ2n) is 7.67. The van der Waals surface area contributed by atoms with Crippen LogP contribution in [-0.2, 0) is 20.9 Å². The van der Waals surface area contributed by atoms with E-state index in [4.69, 9.17) is 4.74 Å². The third-order valence-corrected chi connectivity index (χ3v) is 5.37. The number of para-hydroxylation sites is 1. The second-order valence-corrected chi connectivity index (χ2v) is 7.67. The highest BCUT2D eigenvalue weighted by Gasteiger charge is 2.18. The summed E-state index contributed by atoms with van der Waals surface area (Å²) >= 11 is 0. The number of hydrogen-bond acceptors (Lipinski definition) is 5. The molecule has 0 aliphatic carbocycles. The summed E-state index contributed by atoms with van der Waals surface area (Å²) in [6.07, 6.45) is 0.747. The molecule has 8 heteroatoms. The molecule has 3 N–H and O–H groups in total. The highest BCUT2D eigenvalue weighted by molar-refractivity contribution is 6.40. The molecule has 0 saturated carbocycles. The van der Waals surface area contributed by atoms with Gasteiger partial charge in [0.05, 0.1) is 24.5 Å². The maximum Gasteiger partial charge on any atom is 0.313 e. The summed E-state index contributed by atoms with van der Waals surface area (Å²) in [6.45, 7) is 6.83. The maximum absolute atomic E-state index is 12.7. The molecule has 3 rings (SSSR count). The number of rotatable bonds is 8. The zero-order chi connectivity index (χ0) is 22.8. The maximum atomic E-state index is 12.7. The van der Waals surface area contributed by atoms with E-state index in [0.717, 1.165) is 50.4 Å². The Hall–Kier alpha value is -3.23. The summed E-state index contributed by atoms with van der Waals surface area (Å²) < 4.78 is 5.31. The zero-order valence-electron chi connectivity index (χ0n) is 18.4. The van der Waals surface area contributed by atoms with Crippen molar-refractivity contribution in [1.29, 1.82) is 0 Å². The number of amides is 3. The topological polar surface area (TPSA) is 99.8 Å². The molecule has 1 saturated heterocycles. The molecule has 2 aromatic rings. The Morgan fingerprint density at radius 2 is 1.66 bits per heavy atom. The first-order valence-corrected chi connectivity index (χ1v) is 10.9. The van der Waals surface area contributed by atoms with Crippen LogP contribution in [0.2, 0.25) is 0 Å². The lowest BCUT2D eigenvalue weighted by Crippen LogP contribution is -2.40. The monoisotopic (exact) mass is 438 g/mol. The molecule has 0 bridgehead atoms. The van der Waals surface area contributed by atoms with Crippen LogP contribution in [0.3, 0.4) is 0 Å². The van der Waals surface area contributed by atoms with Gasteiger partial charge in [-0.25, -0.2) is 0 Å². The lowest BCUT2D eigenvalue weighted by molar-refractivity contribution is -0.136. The molecule has 0 radical (unpaired) electrons. The Balaban J connectivity index is 1.48. The van der Waals surface area contributed by atoms with Crippen LogP contribution in [0.4, 0.5) is 5.69 Å². The van der Waals surface area contributed by atoms with Gasteiger partial charge in [-0.05, 0) is 43.1 Å². The minimum atomic E-state index is -0.796. The van der Waals surface area contributed by atoms with Gasteiger partial charge in [-0.2, -0.15) is 0 Å². The number of ether oxygens (including phenoxy) is 1. The molecule has 1 fully saturated rings. The van der Waals surface area contributed by atoms with Crippen LogP contribution >= 0.6 is 0 Å². The minimum Gasteiger partial charge on any atom is -0.379 e. The zero-order valence-corrected chi connectivity index (χ0v) is 18.4. The summed E-state index contributed by atoms with van der Waals surface area (Å²) in [4.78, 5) is 39.4. The summed E-state index contributed by atoms with van der Waals surface area (Å²) in [5.74, 6) is -1.84. The first-order valence-electron chi connectivity index (χ1n) is 10.9. The van der Waals surface area contributed by atoms with Crippen molar-refractivity contribution in [3.05, 3.63) is 65.2 Å². The van der Waals surface area contributed by atoms with Gasteiger partial charge in [0.25, 0.3) is 5.91 Å². The average Bonchev–Trinajstić information content (AvgIpc) is 2.82. The van der Waals surface area contributed by atoms with Crippen molar-refractivity contribution < 1.29 is 19.1 Å². The normalized spacial score (nSPS) is 13.9. The van der Waals surface area contributed by atoms with Crippen molar-refractivity contribution >= 4 is 23.4 Å². The van der Waals surface area contributed by atoms with Crippen molar-refractivity contribution in [1.82, 2.24) is 15.5 Å². The molecule has 2 aromatic carbocycles. The van der Waals surface area contributed by atoms with E-state index in [1.807, 2.05) is 31.2 Å². The van der Waals surface area contributed by atoms with Crippen molar-refractivity contribution in [2.75, 3.05) is 44.7 Å². The first kappa shape index (κ1) is 23.4. The Morgan fingerprint density at radius 3 is 2.44 bits per heavy atom. The van der Waals surface area contributed by atoms with Gasteiger partial charge < -0.3 is 20.7 Å². The number of carbonyl (C=O) groups is 3. The number of benzene rings is 2. The molecule has 0 spiro atoms. The molecular formula is C24H30N4O4. The third kappa shape index (κ3) is 6.90. The van der Waals surface area contributed by atoms with Crippen molar-refractivity contribution in [3.8, 4) is 0 Å². The fraction of sp³-hybridized carbons (Fsp3) is 0.375. The van der Waals surface area contributed by atoms with Gasteiger partial charge in [0.1, 0.15) is 0 Å². The Bertz CT molecular complexity index is 941. The van der Waals surface area contributed by atoms with E-state index in [9.17, 15) is 14.4 Å². The lowest BCUT2D eigenvalue weighted by Gasteiger charge is -2.26. The van der Waals surface area contributed by atoms with Gasteiger partial charge in [0, 0.05) is 26.2 Å². The molecule has 8 nitrogen and oxygen atoms in total. The highest BCUT2D eigenvalue weighted by atomic mass is 16.5. The first-order chi connectivity index (χ1) is 15.5. The third-order valence-electron chi connectivity index (χ3n) is 5.37.